The van der Waals surface area contributed by atoms with Crippen molar-refractivity contribution in [2.75, 3.05) is 0 Å². The quantitative estimate of drug-likeness (QED) is 0.535. The number of rotatable bonds is 2. The van der Waals surface area contributed by atoms with Crippen LogP contribution in [0.3, 0.4) is 0 Å². The van der Waals surface area contributed by atoms with Crippen LogP contribution >= 0.6 is 0 Å². The molecule has 1 aromatic rings. The summed E-state index contributed by atoms with van der Waals surface area (Å²) in [6, 6.07) is 9.82. The van der Waals surface area contributed by atoms with E-state index >= 15 is 0 Å². The second-order valence-corrected chi connectivity index (χ2v) is 3.50. The fourth-order valence-corrected chi connectivity index (χ4v) is 1.24. The Morgan fingerprint density at radius 1 is 1.19 bits per heavy atom. The Balaban J connectivity index is 2.94. The van der Waals surface area contributed by atoms with Gasteiger partial charge < -0.3 is 0 Å². The second-order valence-electron chi connectivity index (χ2n) is 3.50. The van der Waals surface area contributed by atoms with E-state index in [-0.39, 0.29) is 0 Å². The maximum Gasteiger partial charge on any atom is 0.163 e. The molecule has 0 N–H and O–H groups in total. The first kappa shape index (κ1) is 11.8. The molecule has 0 aromatic heterocycles. The van der Waals surface area contributed by atoms with Crippen molar-refractivity contribution in [1.29, 1.82) is 5.26 Å². The first-order valence-corrected chi connectivity index (χ1v) is 4.90. The van der Waals surface area contributed by atoms with Crippen LogP contribution in [0.1, 0.15) is 25.0 Å². The largest absolute Gasteiger partial charge is 0.243 e. The predicted molar refractivity (Wildman–Crippen MR) is 66.0 cm³/mol. The molecule has 0 heterocycles. The molecule has 1 rings (SSSR count). The highest BCUT2D eigenvalue weighted by molar-refractivity contribution is 5.60. The Hall–Kier alpha value is -2.32. The van der Waals surface area contributed by atoms with E-state index in [0.717, 1.165) is 11.1 Å². The Morgan fingerprint density at radius 3 is 2.12 bits per heavy atom. The lowest BCUT2D eigenvalue weighted by molar-refractivity contribution is 1.45. The summed E-state index contributed by atoms with van der Waals surface area (Å²) in [5, 5.41) is 8.64. The maximum absolute atomic E-state index is 8.64. The van der Waals surface area contributed by atoms with Crippen molar-refractivity contribution in [1.82, 2.24) is 0 Å². The minimum atomic E-state index is 0.663. The minimum Gasteiger partial charge on any atom is -0.243 e. The summed E-state index contributed by atoms with van der Waals surface area (Å²) in [6.07, 6.45) is 3.66. The van der Waals surface area contributed by atoms with Crippen LogP contribution in [-0.4, -0.2) is 0 Å². The molecule has 78 valence electrons. The van der Waals surface area contributed by atoms with Crippen LogP contribution in [0.2, 0.25) is 0 Å². The predicted octanol–water partition coefficient (Wildman–Crippen LogP) is 3.89. The molecule has 1 aromatic carbocycles. The van der Waals surface area contributed by atoms with Crippen LogP contribution < -0.4 is 0 Å². The molecule has 0 atom stereocenters. The summed E-state index contributed by atoms with van der Waals surface area (Å²) in [6.45, 7) is 10.4. The van der Waals surface area contributed by atoms with Crippen LogP contribution in [0.5, 0.6) is 0 Å². The third-order valence-electron chi connectivity index (χ3n) is 2.05. The van der Waals surface area contributed by atoms with E-state index in [1.165, 1.54) is 0 Å². The average Bonchev–Trinajstić information content (AvgIpc) is 2.31. The van der Waals surface area contributed by atoms with Crippen LogP contribution in [0.25, 0.3) is 17.0 Å². The van der Waals surface area contributed by atoms with Crippen molar-refractivity contribution < 1.29 is 0 Å². The number of hydrogen-bond donors (Lipinski definition) is 0. The molecule has 0 saturated carbocycles. The molecule has 0 bridgehead atoms. The molecule has 2 nitrogen and oxygen atoms in total. The van der Waals surface area contributed by atoms with Gasteiger partial charge in [0.15, 0.2) is 5.70 Å². The first-order chi connectivity index (χ1) is 7.65. The zero-order valence-electron chi connectivity index (χ0n) is 9.36. The molecule has 0 amide bonds. The Bertz CT molecular complexity index is 456. The van der Waals surface area contributed by atoms with E-state index in [2.05, 4.69) is 10.9 Å². The lowest BCUT2D eigenvalue weighted by Gasteiger charge is -1.96. The molecule has 0 radical (unpaired) electrons. The second kappa shape index (κ2) is 5.53. The van der Waals surface area contributed by atoms with Crippen LogP contribution in [0.4, 0.5) is 0 Å². The van der Waals surface area contributed by atoms with Crippen molar-refractivity contribution in [3.8, 4) is 6.07 Å². The summed E-state index contributed by atoms with van der Waals surface area (Å²) in [4.78, 5) is 3.32. The van der Waals surface area contributed by atoms with E-state index < -0.39 is 0 Å². The van der Waals surface area contributed by atoms with Crippen molar-refractivity contribution in [3.63, 3.8) is 0 Å². The summed E-state index contributed by atoms with van der Waals surface area (Å²) < 4.78 is 0. The van der Waals surface area contributed by atoms with Crippen LogP contribution in [0.15, 0.2) is 35.5 Å². The normalized spacial score (nSPS) is 11.8. The molecule has 0 spiro atoms. The van der Waals surface area contributed by atoms with E-state index in [1.54, 1.807) is 13.8 Å². The lowest BCUT2D eigenvalue weighted by Crippen LogP contribution is -1.77. The summed E-state index contributed by atoms with van der Waals surface area (Å²) in [5.41, 5.74) is 3.34. The van der Waals surface area contributed by atoms with Gasteiger partial charge in [-0.25, -0.2) is 4.85 Å². The van der Waals surface area contributed by atoms with Gasteiger partial charge in [0.2, 0.25) is 0 Å². The van der Waals surface area contributed by atoms with Gasteiger partial charge in [0, 0.05) is 5.57 Å². The fraction of sp³-hybridized carbons (Fsp3) is 0.143. The highest BCUT2D eigenvalue weighted by atomic mass is 14.6. The van der Waals surface area contributed by atoms with E-state index in [4.69, 9.17) is 11.8 Å². The molecule has 0 unspecified atom stereocenters. The number of nitriles is 1. The summed E-state index contributed by atoms with van der Waals surface area (Å²) in [7, 11) is 0. The van der Waals surface area contributed by atoms with Gasteiger partial charge in [-0.1, -0.05) is 30.3 Å². The Morgan fingerprint density at radius 2 is 1.69 bits per heavy atom. The standard InChI is InChI=1S/C14H12N2/c1-11(10-15)8-13-4-6-14(7-5-13)9-12(2)16-3/h4-9H,1-2H3/b11-8-,12-9-. The summed E-state index contributed by atoms with van der Waals surface area (Å²) >= 11 is 0. The number of allylic oxidation sites excluding steroid dienone is 2. The number of hydrogen-bond acceptors (Lipinski definition) is 1. The molecule has 0 aliphatic heterocycles. The SMILES string of the molecule is [C-]#[N+]/C(C)=C\c1ccc(/C=C(/C)C#N)cc1. The Labute approximate surface area is 96.0 Å². The van der Waals surface area contributed by atoms with Crippen molar-refractivity contribution in [2.24, 2.45) is 0 Å². The first-order valence-electron chi connectivity index (χ1n) is 4.90. The molecule has 0 fully saturated rings. The van der Waals surface area contributed by atoms with Gasteiger partial charge in [-0.2, -0.15) is 5.26 Å². The molecule has 0 aliphatic rings. The number of nitrogens with zero attached hydrogens (tertiary/aromatic N) is 2. The van der Waals surface area contributed by atoms with Gasteiger partial charge in [0.1, 0.15) is 0 Å². The van der Waals surface area contributed by atoms with Gasteiger partial charge in [-0.15, -0.1) is 0 Å². The van der Waals surface area contributed by atoms with E-state index in [9.17, 15) is 0 Å². The van der Waals surface area contributed by atoms with Crippen LogP contribution in [0, 0.1) is 17.9 Å². The van der Waals surface area contributed by atoms with Gasteiger partial charge in [0.05, 0.1) is 12.6 Å². The average molecular weight is 208 g/mol. The Kier molecular flexibility index (Phi) is 4.07. The maximum atomic E-state index is 8.64. The van der Waals surface area contributed by atoms with Gasteiger partial charge in [0.25, 0.3) is 0 Å². The zero-order valence-corrected chi connectivity index (χ0v) is 9.36. The highest BCUT2D eigenvalue weighted by Crippen LogP contribution is 2.11. The van der Waals surface area contributed by atoms with Crippen molar-refractivity contribution >= 4 is 12.2 Å². The van der Waals surface area contributed by atoms with E-state index in [1.807, 2.05) is 36.4 Å². The molecule has 0 aliphatic carbocycles. The molecule has 0 saturated heterocycles. The van der Waals surface area contributed by atoms with Gasteiger partial charge in [-0.05, 0) is 31.1 Å². The van der Waals surface area contributed by atoms with Gasteiger partial charge in [-0.3, -0.25) is 0 Å². The van der Waals surface area contributed by atoms with Crippen molar-refractivity contribution in [3.05, 3.63) is 58.1 Å². The lowest BCUT2D eigenvalue weighted by atomic mass is 10.1. The van der Waals surface area contributed by atoms with E-state index in [0.29, 0.717) is 11.3 Å². The topological polar surface area (TPSA) is 28.1 Å². The molecular weight excluding hydrogens is 196 g/mol. The molecule has 2 heteroatoms. The van der Waals surface area contributed by atoms with Crippen molar-refractivity contribution in [2.45, 2.75) is 13.8 Å². The highest BCUT2D eigenvalue weighted by Gasteiger charge is 1.92. The third-order valence-corrected chi connectivity index (χ3v) is 2.05. The number of benzene rings is 1. The smallest absolute Gasteiger partial charge is 0.163 e. The summed E-state index contributed by atoms with van der Waals surface area (Å²) in [5.74, 6) is 0. The third kappa shape index (κ3) is 3.44. The fourth-order valence-electron chi connectivity index (χ4n) is 1.24. The van der Waals surface area contributed by atoms with Gasteiger partial charge >= 0.3 is 0 Å². The minimum absolute atomic E-state index is 0.663. The monoisotopic (exact) mass is 208 g/mol. The molecule has 16 heavy (non-hydrogen) atoms. The zero-order chi connectivity index (χ0) is 12.0. The molecular formula is C14H12N2. The van der Waals surface area contributed by atoms with Crippen LogP contribution in [-0.2, 0) is 0 Å².